The van der Waals surface area contributed by atoms with E-state index in [4.69, 9.17) is 5.73 Å². The Balaban J connectivity index is 1.98. The third-order valence-corrected chi connectivity index (χ3v) is 2.95. The Morgan fingerprint density at radius 3 is 2.75 bits per heavy atom. The second kappa shape index (κ2) is 6.76. The van der Waals surface area contributed by atoms with Gasteiger partial charge in [0, 0.05) is 32.0 Å². The fraction of sp³-hybridized carbons (Fsp3) is 0.385. The largest absolute Gasteiger partial charge is 0.337 e. The van der Waals surface area contributed by atoms with E-state index in [9.17, 15) is 4.79 Å². The molecule has 0 saturated carbocycles. The number of aromatic nitrogens is 4. The summed E-state index contributed by atoms with van der Waals surface area (Å²) in [7, 11) is 0. The Bertz CT molecular complexity index is 553. The first-order chi connectivity index (χ1) is 9.72. The molecule has 2 rings (SSSR count). The number of hydrogen-bond donors (Lipinski definition) is 1. The summed E-state index contributed by atoms with van der Waals surface area (Å²) in [5, 5.41) is 7.75. The lowest BCUT2D eigenvalue weighted by Crippen LogP contribution is -2.33. The topological polar surface area (TPSA) is 89.9 Å². The first-order valence-corrected chi connectivity index (χ1v) is 6.48. The maximum absolute atomic E-state index is 12.2. The molecule has 0 spiro atoms. The maximum Gasteiger partial charge on any atom is 0.244 e. The molecule has 0 aliphatic rings. The minimum Gasteiger partial charge on any atom is -0.337 e. The Morgan fingerprint density at radius 1 is 1.40 bits per heavy atom. The third kappa shape index (κ3) is 3.61. The number of hydrogen-bond acceptors (Lipinski definition) is 5. The number of carbonyl (C=O) groups is 1. The average Bonchev–Trinajstić information content (AvgIpc) is 2.93. The standard InChI is InChI=1S/C13H18N6O/c1-2-18(8-11-3-5-15-6-4-11)13(20)10-19-9-12(7-14)16-17-19/h3-6,9H,2,7-8,10,14H2,1H3. The molecule has 106 valence electrons. The van der Waals surface area contributed by atoms with E-state index in [-0.39, 0.29) is 12.5 Å². The number of nitrogens with zero attached hydrogens (tertiary/aromatic N) is 5. The summed E-state index contributed by atoms with van der Waals surface area (Å²) >= 11 is 0. The van der Waals surface area contributed by atoms with E-state index >= 15 is 0 Å². The van der Waals surface area contributed by atoms with Gasteiger partial charge in [0.05, 0.1) is 11.9 Å². The van der Waals surface area contributed by atoms with E-state index in [0.717, 1.165) is 5.56 Å². The molecule has 0 aliphatic carbocycles. The molecule has 0 atom stereocenters. The monoisotopic (exact) mass is 274 g/mol. The number of likely N-dealkylation sites (N-methyl/N-ethyl adjacent to an activating group) is 1. The zero-order valence-electron chi connectivity index (χ0n) is 11.4. The average molecular weight is 274 g/mol. The van der Waals surface area contributed by atoms with Crippen LogP contribution in [0.2, 0.25) is 0 Å². The second-order valence-electron chi connectivity index (χ2n) is 4.37. The molecule has 0 radical (unpaired) electrons. The maximum atomic E-state index is 12.2. The van der Waals surface area contributed by atoms with Crippen molar-refractivity contribution in [1.82, 2.24) is 24.9 Å². The first-order valence-electron chi connectivity index (χ1n) is 6.48. The third-order valence-electron chi connectivity index (χ3n) is 2.95. The van der Waals surface area contributed by atoms with Crippen molar-refractivity contribution < 1.29 is 4.79 Å². The van der Waals surface area contributed by atoms with Gasteiger partial charge in [-0.05, 0) is 24.6 Å². The van der Waals surface area contributed by atoms with Gasteiger partial charge in [0.1, 0.15) is 6.54 Å². The Morgan fingerprint density at radius 2 is 2.15 bits per heavy atom. The summed E-state index contributed by atoms with van der Waals surface area (Å²) in [6.45, 7) is 3.65. The van der Waals surface area contributed by atoms with Crippen LogP contribution in [0.3, 0.4) is 0 Å². The molecule has 7 heteroatoms. The van der Waals surface area contributed by atoms with Crippen molar-refractivity contribution in [2.24, 2.45) is 5.73 Å². The lowest BCUT2D eigenvalue weighted by atomic mass is 10.2. The van der Waals surface area contributed by atoms with Crippen molar-refractivity contribution in [3.05, 3.63) is 42.0 Å². The number of amides is 1. The lowest BCUT2D eigenvalue weighted by molar-refractivity contribution is -0.132. The van der Waals surface area contributed by atoms with E-state index in [1.54, 1.807) is 23.5 Å². The highest BCUT2D eigenvalue weighted by molar-refractivity contribution is 5.75. The number of rotatable bonds is 6. The molecular weight excluding hydrogens is 256 g/mol. The van der Waals surface area contributed by atoms with Crippen LogP contribution in [0.5, 0.6) is 0 Å². The summed E-state index contributed by atoms with van der Waals surface area (Å²) in [5.74, 6) is -0.00205. The highest BCUT2D eigenvalue weighted by atomic mass is 16.2. The predicted octanol–water partition coefficient (Wildman–Crippen LogP) is 0.180. The molecule has 2 aromatic rings. The van der Waals surface area contributed by atoms with Crippen molar-refractivity contribution in [1.29, 1.82) is 0 Å². The van der Waals surface area contributed by atoms with Crippen LogP contribution >= 0.6 is 0 Å². The van der Waals surface area contributed by atoms with Gasteiger partial charge >= 0.3 is 0 Å². The fourth-order valence-electron chi connectivity index (χ4n) is 1.83. The second-order valence-corrected chi connectivity index (χ2v) is 4.37. The summed E-state index contributed by atoms with van der Waals surface area (Å²) in [6.07, 6.45) is 5.13. The lowest BCUT2D eigenvalue weighted by Gasteiger charge is -2.20. The molecule has 1 amide bonds. The quantitative estimate of drug-likeness (QED) is 0.811. The van der Waals surface area contributed by atoms with Gasteiger partial charge in [-0.1, -0.05) is 5.21 Å². The van der Waals surface area contributed by atoms with Crippen LogP contribution in [0.1, 0.15) is 18.2 Å². The van der Waals surface area contributed by atoms with Gasteiger partial charge < -0.3 is 10.6 Å². The Kier molecular flexibility index (Phi) is 4.78. The van der Waals surface area contributed by atoms with Crippen molar-refractivity contribution in [3.63, 3.8) is 0 Å². The molecule has 0 fully saturated rings. The van der Waals surface area contributed by atoms with Crippen LogP contribution < -0.4 is 5.73 Å². The molecule has 0 aromatic carbocycles. The minimum atomic E-state index is -0.00205. The Hall–Kier alpha value is -2.28. The van der Waals surface area contributed by atoms with E-state index in [0.29, 0.717) is 25.3 Å². The molecule has 2 N–H and O–H groups in total. The SMILES string of the molecule is CCN(Cc1ccncc1)C(=O)Cn1cc(CN)nn1. The van der Waals surface area contributed by atoms with Gasteiger partial charge in [0.15, 0.2) is 0 Å². The van der Waals surface area contributed by atoms with Crippen molar-refractivity contribution >= 4 is 5.91 Å². The molecule has 0 bridgehead atoms. The van der Waals surface area contributed by atoms with Crippen molar-refractivity contribution in [3.8, 4) is 0 Å². The summed E-state index contributed by atoms with van der Waals surface area (Å²) < 4.78 is 1.51. The molecule has 0 saturated heterocycles. The highest BCUT2D eigenvalue weighted by Crippen LogP contribution is 2.04. The molecule has 0 aliphatic heterocycles. The van der Waals surface area contributed by atoms with Crippen LogP contribution in [0.15, 0.2) is 30.7 Å². The van der Waals surface area contributed by atoms with Crippen molar-refractivity contribution in [2.45, 2.75) is 26.6 Å². The first kappa shape index (κ1) is 14.1. The van der Waals surface area contributed by atoms with E-state index in [1.165, 1.54) is 4.68 Å². The van der Waals surface area contributed by atoms with Crippen LogP contribution in [-0.2, 0) is 24.4 Å². The molecule has 2 aromatic heterocycles. The number of carbonyl (C=O) groups excluding carboxylic acids is 1. The Labute approximate surface area is 117 Å². The smallest absolute Gasteiger partial charge is 0.244 e. The van der Waals surface area contributed by atoms with Crippen LogP contribution in [0.4, 0.5) is 0 Å². The predicted molar refractivity (Wildman–Crippen MR) is 73.2 cm³/mol. The van der Waals surface area contributed by atoms with E-state index < -0.39 is 0 Å². The van der Waals surface area contributed by atoms with Gasteiger partial charge in [0.25, 0.3) is 0 Å². The van der Waals surface area contributed by atoms with Gasteiger partial charge in [-0.25, -0.2) is 4.68 Å². The zero-order chi connectivity index (χ0) is 14.4. The van der Waals surface area contributed by atoms with Crippen LogP contribution in [0.25, 0.3) is 0 Å². The zero-order valence-corrected chi connectivity index (χ0v) is 11.4. The molecule has 20 heavy (non-hydrogen) atoms. The summed E-state index contributed by atoms with van der Waals surface area (Å²) in [4.78, 5) is 18.0. The minimum absolute atomic E-state index is 0.00205. The molecule has 0 unspecified atom stereocenters. The molecule has 7 nitrogen and oxygen atoms in total. The van der Waals surface area contributed by atoms with E-state index in [1.807, 2.05) is 19.1 Å². The summed E-state index contributed by atoms with van der Waals surface area (Å²) in [6, 6.07) is 3.80. The van der Waals surface area contributed by atoms with Gasteiger partial charge in [-0.3, -0.25) is 9.78 Å². The number of pyridine rings is 1. The molecule has 2 heterocycles. The summed E-state index contributed by atoms with van der Waals surface area (Å²) in [5.41, 5.74) is 7.19. The normalized spacial score (nSPS) is 10.5. The van der Waals surface area contributed by atoms with Crippen LogP contribution in [-0.4, -0.2) is 37.3 Å². The highest BCUT2D eigenvalue weighted by Gasteiger charge is 2.13. The fourth-order valence-corrected chi connectivity index (χ4v) is 1.83. The van der Waals surface area contributed by atoms with Crippen molar-refractivity contribution in [2.75, 3.05) is 6.54 Å². The van der Waals surface area contributed by atoms with Crippen LogP contribution in [0, 0.1) is 0 Å². The number of nitrogens with two attached hydrogens (primary N) is 1. The van der Waals surface area contributed by atoms with Gasteiger partial charge in [-0.15, -0.1) is 5.10 Å². The molecular formula is C13H18N6O. The van der Waals surface area contributed by atoms with E-state index in [2.05, 4.69) is 15.3 Å². The van der Waals surface area contributed by atoms with Gasteiger partial charge in [-0.2, -0.15) is 0 Å². The van der Waals surface area contributed by atoms with Gasteiger partial charge in [0.2, 0.25) is 5.91 Å².